The van der Waals surface area contributed by atoms with Crippen molar-refractivity contribution in [1.29, 1.82) is 0 Å². The fraction of sp³-hybridized carbons (Fsp3) is 0.464. The van der Waals surface area contributed by atoms with Crippen molar-refractivity contribution < 1.29 is 33.3 Å². The van der Waals surface area contributed by atoms with Gasteiger partial charge < -0.3 is 24.3 Å². The molecule has 3 rings (SSSR count). The van der Waals surface area contributed by atoms with Crippen LogP contribution in [0.2, 0.25) is 0 Å². The van der Waals surface area contributed by atoms with E-state index in [1.54, 1.807) is 30.3 Å². The second-order valence-corrected chi connectivity index (χ2v) is 9.51. The Labute approximate surface area is 212 Å². The number of carbonyl (C=O) groups excluding carboxylic acids is 3. The number of methoxy groups -OCH3 is 2. The van der Waals surface area contributed by atoms with Crippen LogP contribution in [-0.2, 0) is 14.3 Å². The highest BCUT2D eigenvalue weighted by atomic mass is 16.5. The molecule has 0 unspecified atom stereocenters. The number of rotatable bonds is 9. The highest BCUT2D eigenvalue weighted by molar-refractivity contribution is 6.04. The Bertz CT molecular complexity index is 1080. The Morgan fingerprint density at radius 2 is 1.67 bits per heavy atom. The van der Waals surface area contributed by atoms with Gasteiger partial charge in [-0.15, -0.1) is 0 Å². The smallest absolute Gasteiger partial charge is 0.339 e. The number of hydrogen-bond acceptors (Lipinski definition) is 7. The van der Waals surface area contributed by atoms with Crippen molar-refractivity contribution in [1.82, 2.24) is 0 Å². The van der Waals surface area contributed by atoms with Crippen LogP contribution in [0.15, 0.2) is 42.5 Å². The molecule has 1 N–H and O–H groups in total. The largest absolute Gasteiger partial charge is 0.497 e. The molecule has 3 atom stereocenters. The number of amides is 1. The van der Waals surface area contributed by atoms with E-state index in [9.17, 15) is 14.4 Å². The number of ether oxygens (including phenoxy) is 4. The molecule has 0 saturated heterocycles. The molecular weight excluding hydrogens is 462 g/mol. The average Bonchev–Trinajstić information content (AvgIpc) is 2.87. The first-order valence-electron chi connectivity index (χ1n) is 12.2. The van der Waals surface area contributed by atoms with Crippen LogP contribution in [0.25, 0.3) is 0 Å². The number of nitrogens with one attached hydrogen (secondary N) is 1. The average molecular weight is 498 g/mol. The monoisotopic (exact) mass is 497 g/mol. The lowest BCUT2D eigenvalue weighted by Gasteiger charge is -2.36. The van der Waals surface area contributed by atoms with E-state index < -0.39 is 24.5 Å². The molecule has 2 aromatic carbocycles. The molecule has 0 spiro atoms. The third kappa shape index (κ3) is 6.77. The van der Waals surface area contributed by atoms with Crippen LogP contribution < -0.4 is 14.8 Å². The second kappa shape index (κ2) is 12.4. The van der Waals surface area contributed by atoms with Crippen molar-refractivity contribution in [2.75, 3.05) is 26.1 Å². The van der Waals surface area contributed by atoms with Crippen molar-refractivity contribution >= 4 is 23.5 Å². The summed E-state index contributed by atoms with van der Waals surface area (Å²) >= 11 is 0. The van der Waals surface area contributed by atoms with Gasteiger partial charge in [0.25, 0.3) is 5.91 Å². The van der Waals surface area contributed by atoms with Crippen LogP contribution in [0, 0.1) is 17.8 Å². The third-order valence-corrected chi connectivity index (χ3v) is 6.60. The molecule has 0 aromatic heterocycles. The van der Waals surface area contributed by atoms with E-state index in [4.69, 9.17) is 18.9 Å². The van der Waals surface area contributed by atoms with Gasteiger partial charge in [-0.1, -0.05) is 39.3 Å². The SMILES string of the molecule is COc1ccc(NC(=O)COC(=O)c2ccccc2C(=O)O[C@@H]2C[C@@H](C)CC[C@@H]2C(C)C)c(OC)c1. The van der Waals surface area contributed by atoms with Crippen molar-refractivity contribution in [2.24, 2.45) is 17.8 Å². The minimum Gasteiger partial charge on any atom is -0.497 e. The Hall–Kier alpha value is -3.55. The quantitative estimate of drug-likeness (QED) is 0.480. The van der Waals surface area contributed by atoms with Gasteiger partial charge in [-0.25, -0.2) is 9.59 Å². The topological polar surface area (TPSA) is 100 Å². The van der Waals surface area contributed by atoms with Crippen molar-refractivity contribution in [3.63, 3.8) is 0 Å². The molecule has 8 heteroatoms. The molecule has 1 saturated carbocycles. The lowest BCUT2D eigenvalue weighted by Crippen LogP contribution is -2.36. The first-order valence-corrected chi connectivity index (χ1v) is 12.2. The number of carbonyl (C=O) groups is 3. The van der Waals surface area contributed by atoms with Gasteiger partial charge in [0.1, 0.15) is 17.6 Å². The van der Waals surface area contributed by atoms with Gasteiger partial charge >= 0.3 is 11.9 Å². The van der Waals surface area contributed by atoms with E-state index in [0.29, 0.717) is 29.0 Å². The summed E-state index contributed by atoms with van der Waals surface area (Å²) in [4.78, 5) is 38.3. The van der Waals surface area contributed by atoms with Crippen molar-refractivity contribution in [3.05, 3.63) is 53.6 Å². The summed E-state index contributed by atoms with van der Waals surface area (Å²) < 4.78 is 21.5. The molecule has 1 amide bonds. The minimum atomic E-state index is -0.781. The van der Waals surface area contributed by atoms with E-state index in [1.807, 2.05) is 0 Å². The van der Waals surface area contributed by atoms with E-state index in [0.717, 1.165) is 19.3 Å². The van der Waals surface area contributed by atoms with E-state index in [-0.39, 0.29) is 23.1 Å². The summed E-state index contributed by atoms with van der Waals surface area (Å²) in [7, 11) is 3.00. The lowest BCUT2D eigenvalue weighted by molar-refractivity contribution is -0.119. The van der Waals surface area contributed by atoms with Crippen LogP contribution in [0.1, 0.15) is 60.7 Å². The fourth-order valence-electron chi connectivity index (χ4n) is 4.59. The van der Waals surface area contributed by atoms with Gasteiger partial charge in [0.15, 0.2) is 6.61 Å². The number of hydrogen-bond donors (Lipinski definition) is 1. The zero-order valence-corrected chi connectivity index (χ0v) is 21.5. The molecule has 0 aliphatic heterocycles. The lowest BCUT2D eigenvalue weighted by atomic mass is 9.75. The van der Waals surface area contributed by atoms with E-state index in [2.05, 4.69) is 26.1 Å². The van der Waals surface area contributed by atoms with E-state index in [1.165, 1.54) is 26.4 Å². The fourth-order valence-corrected chi connectivity index (χ4v) is 4.59. The molecule has 8 nitrogen and oxygen atoms in total. The maximum Gasteiger partial charge on any atom is 0.339 e. The predicted molar refractivity (Wildman–Crippen MR) is 135 cm³/mol. The van der Waals surface area contributed by atoms with Gasteiger partial charge in [-0.3, -0.25) is 4.79 Å². The zero-order chi connectivity index (χ0) is 26.2. The molecule has 1 aliphatic carbocycles. The molecule has 0 radical (unpaired) electrons. The van der Waals surface area contributed by atoms with E-state index >= 15 is 0 Å². The van der Waals surface area contributed by atoms with Crippen LogP contribution >= 0.6 is 0 Å². The second-order valence-electron chi connectivity index (χ2n) is 9.51. The number of esters is 2. The third-order valence-electron chi connectivity index (χ3n) is 6.60. The summed E-state index contributed by atoms with van der Waals surface area (Å²) in [5.74, 6) is 0.225. The summed E-state index contributed by atoms with van der Waals surface area (Å²) in [6.07, 6.45) is 2.73. The van der Waals surface area contributed by atoms with Crippen LogP contribution in [-0.4, -0.2) is 44.8 Å². The predicted octanol–water partition coefficient (Wildman–Crippen LogP) is 5.12. The van der Waals surface area contributed by atoms with Gasteiger partial charge in [0.05, 0.1) is 31.0 Å². The first-order chi connectivity index (χ1) is 17.2. The maximum atomic E-state index is 13.1. The summed E-state index contributed by atoms with van der Waals surface area (Å²) in [5, 5.41) is 2.64. The van der Waals surface area contributed by atoms with Crippen molar-refractivity contribution in [3.8, 4) is 11.5 Å². The summed E-state index contributed by atoms with van der Waals surface area (Å²) in [6.45, 7) is 5.90. The molecule has 1 aliphatic rings. The van der Waals surface area contributed by atoms with Gasteiger partial charge in [0, 0.05) is 6.07 Å². The molecular formula is C28H35NO7. The Morgan fingerprint density at radius 3 is 2.31 bits per heavy atom. The summed E-state index contributed by atoms with van der Waals surface area (Å²) in [6, 6.07) is 11.3. The molecule has 36 heavy (non-hydrogen) atoms. The highest BCUT2D eigenvalue weighted by Crippen LogP contribution is 2.36. The normalized spacial score (nSPS) is 19.3. The van der Waals surface area contributed by atoms with Crippen LogP contribution in [0.3, 0.4) is 0 Å². The number of anilines is 1. The van der Waals surface area contributed by atoms with Gasteiger partial charge in [-0.2, -0.15) is 0 Å². The highest BCUT2D eigenvalue weighted by Gasteiger charge is 2.34. The molecule has 1 fully saturated rings. The Kier molecular flexibility index (Phi) is 9.33. The summed E-state index contributed by atoms with van der Waals surface area (Å²) in [5.41, 5.74) is 0.590. The van der Waals surface area contributed by atoms with Crippen LogP contribution in [0.5, 0.6) is 11.5 Å². The molecule has 194 valence electrons. The Morgan fingerprint density at radius 1 is 0.972 bits per heavy atom. The molecule has 0 bridgehead atoms. The van der Waals surface area contributed by atoms with Crippen LogP contribution in [0.4, 0.5) is 5.69 Å². The van der Waals surface area contributed by atoms with Gasteiger partial charge in [-0.05, 0) is 54.9 Å². The molecule has 2 aromatic rings. The Balaban J connectivity index is 1.65. The van der Waals surface area contributed by atoms with Gasteiger partial charge in [0.2, 0.25) is 0 Å². The molecule has 0 heterocycles. The first kappa shape index (κ1) is 27.0. The standard InChI is InChI=1S/C28H35NO7/c1-17(2)20-12-10-18(3)14-24(20)36-28(32)22-9-7-6-8-21(22)27(31)35-16-26(30)29-23-13-11-19(33-4)15-25(23)34-5/h6-9,11,13,15,17-18,20,24H,10,12,14,16H2,1-5H3,(H,29,30)/t18-,20+,24+/m0/s1. The minimum absolute atomic E-state index is 0.0577. The maximum absolute atomic E-state index is 13.1. The zero-order valence-electron chi connectivity index (χ0n) is 21.5. The number of benzene rings is 2. The van der Waals surface area contributed by atoms with Crippen molar-refractivity contribution in [2.45, 2.75) is 46.1 Å².